The van der Waals surface area contributed by atoms with Crippen LogP contribution in [0, 0.1) is 6.92 Å². The molecule has 132 valence electrons. The quantitative estimate of drug-likeness (QED) is 0.873. The number of rotatable bonds is 5. The van der Waals surface area contributed by atoms with Gasteiger partial charge in [-0.25, -0.2) is 9.97 Å². The molecular weight excluding hydrogens is 314 g/mol. The summed E-state index contributed by atoms with van der Waals surface area (Å²) in [7, 11) is 3.51. The van der Waals surface area contributed by atoms with Crippen molar-refractivity contribution < 1.29 is 4.79 Å². The van der Waals surface area contributed by atoms with Crippen LogP contribution in [0.25, 0.3) is 0 Å². The van der Waals surface area contributed by atoms with Crippen molar-refractivity contribution in [1.29, 1.82) is 0 Å². The van der Waals surface area contributed by atoms with E-state index in [9.17, 15) is 4.79 Å². The summed E-state index contributed by atoms with van der Waals surface area (Å²) in [5, 5.41) is 3.34. The van der Waals surface area contributed by atoms with Crippen molar-refractivity contribution in [3.63, 3.8) is 0 Å². The van der Waals surface area contributed by atoms with Gasteiger partial charge in [0.1, 0.15) is 11.6 Å². The first-order chi connectivity index (χ1) is 11.9. The number of nitrogens with zero attached hydrogens (tertiary/aromatic N) is 3. The van der Waals surface area contributed by atoms with E-state index in [4.69, 9.17) is 5.73 Å². The van der Waals surface area contributed by atoms with Crippen molar-refractivity contribution in [2.24, 2.45) is 5.73 Å². The molecule has 0 atom stereocenters. The molecule has 1 saturated carbocycles. The fraction of sp³-hybridized carbons (Fsp3) is 0.421. The Kier molecular flexibility index (Phi) is 4.99. The van der Waals surface area contributed by atoms with Gasteiger partial charge in [-0.1, -0.05) is 12.1 Å². The number of aromatic nitrogens is 2. The summed E-state index contributed by atoms with van der Waals surface area (Å²) in [4.78, 5) is 22.7. The van der Waals surface area contributed by atoms with Crippen molar-refractivity contribution >= 4 is 11.7 Å². The maximum absolute atomic E-state index is 12.1. The summed E-state index contributed by atoms with van der Waals surface area (Å²) < 4.78 is 0. The molecule has 1 aromatic carbocycles. The maximum atomic E-state index is 12.1. The minimum atomic E-state index is 0.00309. The number of hydrogen-bond acceptors (Lipinski definition) is 5. The number of amides is 1. The number of hydrogen-bond donors (Lipinski definition) is 2. The first-order valence-corrected chi connectivity index (χ1v) is 8.58. The molecule has 0 unspecified atom stereocenters. The predicted octanol–water partition coefficient (Wildman–Crippen LogP) is 2.30. The molecule has 25 heavy (non-hydrogen) atoms. The Balaban J connectivity index is 1.69. The number of aryl methyl sites for hydroxylation is 1. The highest BCUT2D eigenvalue weighted by molar-refractivity contribution is 5.94. The fourth-order valence-electron chi connectivity index (χ4n) is 3.06. The van der Waals surface area contributed by atoms with Gasteiger partial charge in [0.25, 0.3) is 5.91 Å². The lowest BCUT2D eigenvalue weighted by Gasteiger charge is -2.32. The van der Waals surface area contributed by atoms with Crippen LogP contribution >= 0.6 is 0 Å². The van der Waals surface area contributed by atoms with Crippen LogP contribution in [0.15, 0.2) is 30.3 Å². The Hall–Kier alpha value is -2.47. The molecule has 1 fully saturated rings. The van der Waals surface area contributed by atoms with E-state index in [1.54, 1.807) is 19.0 Å². The maximum Gasteiger partial charge on any atom is 0.253 e. The van der Waals surface area contributed by atoms with Gasteiger partial charge in [-0.05, 0) is 37.5 Å². The van der Waals surface area contributed by atoms with E-state index in [0.29, 0.717) is 24.1 Å². The van der Waals surface area contributed by atoms with Crippen LogP contribution in [0.2, 0.25) is 0 Å². The molecule has 1 aliphatic carbocycles. The second kappa shape index (κ2) is 7.19. The molecule has 6 heteroatoms. The van der Waals surface area contributed by atoms with Crippen LogP contribution in [0.4, 0.5) is 5.82 Å². The number of nitrogens with one attached hydrogen (secondary N) is 1. The van der Waals surface area contributed by atoms with E-state index >= 15 is 0 Å². The van der Waals surface area contributed by atoms with Gasteiger partial charge in [-0.15, -0.1) is 0 Å². The van der Waals surface area contributed by atoms with Crippen LogP contribution in [-0.2, 0) is 6.54 Å². The zero-order valence-electron chi connectivity index (χ0n) is 15.0. The fourth-order valence-corrected chi connectivity index (χ4v) is 3.06. The molecule has 0 spiro atoms. The van der Waals surface area contributed by atoms with Crippen molar-refractivity contribution in [3.8, 4) is 0 Å². The molecule has 0 saturated heterocycles. The van der Waals surface area contributed by atoms with Gasteiger partial charge in [0, 0.05) is 49.9 Å². The second-order valence-electron chi connectivity index (χ2n) is 6.91. The Morgan fingerprint density at radius 2 is 2.04 bits per heavy atom. The normalized spacial score (nSPS) is 19.2. The van der Waals surface area contributed by atoms with Crippen molar-refractivity contribution in [2.75, 3.05) is 19.4 Å². The molecule has 1 aromatic heterocycles. The van der Waals surface area contributed by atoms with Crippen LogP contribution in [0.5, 0.6) is 0 Å². The Morgan fingerprint density at radius 1 is 1.28 bits per heavy atom. The summed E-state index contributed by atoms with van der Waals surface area (Å²) in [6, 6.07) is 9.96. The van der Waals surface area contributed by atoms with E-state index in [1.807, 2.05) is 37.3 Å². The molecule has 1 heterocycles. The van der Waals surface area contributed by atoms with Gasteiger partial charge in [-0.3, -0.25) is 4.79 Å². The Bertz CT molecular complexity index is 768. The third-order valence-electron chi connectivity index (χ3n) is 4.50. The molecule has 1 amide bonds. The summed E-state index contributed by atoms with van der Waals surface area (Å²) in [5.41, 5.74) is 8.68. The van der Waals surface area contributed by atoms with Crippen molar-refractivity contribution in [3.05, 3.63) is 53.0 Å². The predicted molar refractivity (Wildman–Crippen MR) is 98.5 cm³/mol. The zero-order valence-corrected chi connectivity index (χ0v) is 15.0. The molecule has 0 aliphatic heterocycles. The molecule has 6 nitrogen and oxygen atoms in total. The lowest BCUT2D eigenvalue weighted by atomic mass is 9.78. The molecule has 3 rings (SSSR count). The number of carbonyl (C=O) groups is 1. The van der Waals surface area contributed by atoms with Crippen LogP contribution in [0.1, 0.15) is 46.2 Å². The average Bonchev–Trinajstić information content (AvgIpc) is 2.56. The van der Waals surface area contributed by atoms with E-state index in [-0.39, 0.29) is 5.91 Å². The van der Waals surface area contributed by atoms with Gasteiger partial charge in [0.15, 0.2) is 0 Å². The third kappa shape index (κ3) is 4.14. The van der Waals surface area contributed by atoms with Crippen molar-refractivity contribution in [2.45, 2.75) is 38.3 Å². The summed E-state index contributed by atoms with van der Waals surface area (Å²) in [6.07, 6.45) is 1.98. The Morgan fingerprint density at radius 3 is 2.72 bits per heavy atom. The van der Waals surface area contributed by atoms with Crippen molar-refractivity contribution in [1.82, 2.24) is 14.9 Å². The minimum absolute atomic E-state index is 0.00309. The Labute approximate surface area is 148 Å². The number of benzene rings is 1. The topological polar surface area (TPSA) is 84.1 Å². The largest absolute Gasteiger partial charge is 0.366 e. The SMILES string of the molecule is Cc1nc(NCc2cccc(C(=O)N(C)C)c2)cc(C2CC(N)C2)n1. The molecule has 3 N–H and O–H groups in total. The number of nitrogens with two attached hydrogens (primary N) is 1. The summed E-state index contributed by atoms with van der Waals surface area (Å²) in [6.45, 7) is 2.51. The average molecular weight is 339 g/mol. The van der Waals surface area contributed by atoms with Crippen LogP contribution < -0.4 is 11.1 Å². The first-order valence-electron chi connectivity index (χ1n) is 8.58. The highest BCUT2D eigenvalue weighted by Gasteiger charge is 2.28. The standard InChI is InChI=1S/C19H25N5O/c1-12-22-17(15-8-16(20)9-15)10-18(23-12)21-11-13-5-4-6-14(7-13)19(25)24(2)3/h4-7,10,15-16H,8-9,11,20H2,1-3H3,(H,21,22,23). The van der Waals surface area contributed by atoms with Gasteiger partial charge in [-0.2, -0.15) is 0 Å². The number of carbonyl (C=O) groups excluding carboxylic acids is 1. The summed E-state index contributed by atoms with van der Waals surface area (Å²) >= 11 is 0. The van der Waals surface area contributed by atoms with E-state index in [2.05, 4.69) is 15.3 Å². The highest BCUT2D eigenvalue weighted by atomic mass is 16.2. The van der Waals surface area contributed by atoms with Crippen LogP contribution in [0.3, 0.4) is 0 Å². The zero-order chi connectivity index (χ0) is 18.0. The van der Waals surface area contributed by atoms with Gasteiger partial charge < -0.3 is 16.0 Å². The van der Waals surface area contributed by atoms with E-state index in [0.717, 1.165) is 35.7 Å². The molecule has 0 radical (unpaired) electrons. The smallest absolute Gasteiger partial charge is 0.253 e. The number of anilines is 1. The van der Waals surface area contributed by atoms with E-state index in [1.165, 1.54) is 0 Å². The highest BCUT2D eigenvalue weighted by Crippen LogP contribution is 2.35. The minimum Gasteiger partial charge on any atom is -0.366 e. The van der Waals surface area contributed by atoms with Gasteiger partial charge in [0.2, 0.25) is 0 Å². The van der Waals surface area contributed by atoms with Crippen LogP contribution in [-0.4, -0.2) is 40.9 Å². The monoisotopic (exact) mass is 339 g/mol. The lowest BCUT2D eigenvalue weighted by Crippen LogP contribution is -2.35. The van der Waals surface area contributed by atoms with Gasteiger partial charge >= 0.3 is 0 Å². The summed E-state index contributed by atoms with van der Waals surface area (Å²) in [5.74, 6) is 2.02. The first kappa shape index (κ1) is 17.4. The molecule has 0 bridgehead atoms. The van der Waals surface area contributed by atoms with Gasteiger partial charge in [0.05, 0.1) is 0 Å². The lowest BCUT2D eigenvalue weighted by molar-refractivity contribution is 0.0827. The van der Waals surface area contributed by atoms with E-state index < -0.39 is 0 Å². The second-order valence-corrected chi connectivity index (χ2v) is 6.91. The third-order valence-corrected chi connectivity index (χ3v) is 4.50. The molecule has 1 aliphatic rings. The molecular formula is C19H25N5O. The molecule has 2 aromatic rings.